The molecule has 1 heterocycles. The van der Waals surface area contributed by atoms with Crippen LogP contribution in [0.25, 0.3) is 0 Å². The number of hydrogen-bond donors (Lipinski definition) is 2. The SMILES string of the molecule is N[C@H](COC1CCCCO1)[C@H](O)c1ccc(OCc2ccccc2)cc1. The Morgan fingerprint density at radius 2 is 1.85 bits per heavy atom. The van der Waals surface area contributed by atoms with E-state index in [0.29, 0.717) is 6.61 Å². The van der Waals surface area contributed by atoms with Gasteiger partial charge in [-0.05, 0) is 42.5 Å². The van der Waals surface area contributed by atoms with Gasteiger partial charge in [0.2, 0.25) is 0 Å². The van der Waals surface area contributed by atoms with Crippen LogP contribution in [0.3, 0.4) is 0 Å². The number of aliphatic hydroxyl groups is 1. The normalized spacial score (nSPS) is 19.7. The number of nitrogens with two attached hydrogens (primary N) is 1. The van der Waals surface area contributed by atoms with Gasteiger partial charge in [-0.1, -0.05) is 42.5 Å². The Labute approximate surface area is 154 Å². The van der Waals surface area contributed by atoms with Crippen molar-refractivity contribution in [2.24, 2.45) is 5.73 Å². The van der Waals surface area contributed by atoms with Gasteiger partial charge in [0.25, 0.3) is 0 Å². The summed E-state index contributed by atoms with van der Waals surface area (Å²) in [5.74, 6) is 0.755. The summed E-state index contributed by atoms with van der Waals surface area (Å²) in [6, 6.07) is 16.9. The van der Waals surface area contributed by atoms with E-state index in [-0.39, 0.29) is 12.9 Å². The van der Waals surface area contributed by atoms with Crippen molar-refractivity contribution in [2.75, 3.05) is 13.2 Å². The average molecular weight is 357 g/mol. The van der Waals surface area contributed by atoms with E-state index in [0.717, 1.165) is 42.7 Å². The van der Waals surface area contributed by atoms with Gasteiger partial charge in [0.1, 0.15) is 12.4 Å². The molecule has 1 saturated heterocycles. The minimum atomic E-state index is -0.790. The molecule has 1 unspecified atom stereocenters. The Hall–Kier alpha value is -1.92. The van der Waals surface area contributed by atoms with Crippen molar-refractivity contribution >= 4 is 0 Å². The van der Waals surface area contributed by atoms with E-state index in [2.05, 4.69) is 0 Å². The minimum absolute atomic E-state index is 0.198. The molecule has 0 spiro atoms. The monoisotopic (exact) mass is 357 g/mol. The molecular weight excluding hydrogens is 330 g/mol. The maximum Gasteiger partial charge on any atom is 0.157 e. The third kappa shape index (κ3) is 5.54. The van der Waals surface area contributed by atoms with Crippen molar-refractivity contribution in [3.63, 3.8) is 0 Å². The van der Waals surface area contributed by atoms with Gasteiger partial charge < -0.3 is 25.1 Å². The molecule has 5 nitrogen and oxygen atoms in total. The fourth-order valence-corrected chi connectivity index (χ4v) is 2.90. The van der Waals surface area contributed by atoms with E-state index in [1.165, 1.54) is 0 Å². The number of aliphatic hydroxyl groups excluding tert-OH is 1. The first kappa shape index (κ1) is 18.9. The first-order valence-electron chi connectivity index (χ1n) is 9.16. The maximum atomic E-state index is 10.4. The highest BCUT2D eigenvalue weighted by atomic mass is 16.7. The number of hydrogen-bond acceptors (Lipinski definition) is 5. The van der Waals surface area contributed by atoms with E-state index < -0.39 is 12.1 Å². The van der Waals surface area contributed by atoms with Gasteiger partial charge in [-0.2, -0.15) is 0 Å². The van der Waals surface area contributed by atoms with E-state index in [1.807, 2.05) is 54.6 Å². The Morgan fingerprint density at radius 1 is 1.08 bits per heavy atom. The van der Waals surface area contributed by atoms with Crippen LogP contribution in [-0.4, -0.2) is 30.7 Å². The zero-order valence-corrected chi connectivity index (χ0v) is 14.9. The van der Waals surface area contributed by atoms with E-state index in [4.69, 9.17) is 19.9 Å². The summed E-state index contributed by atoms with van der Waals surface area (Å²) in [6.45, 7) is 1.50. The average Bonchev–Trinajstić information content (AvgIpc) is 2.72. The van der Waals surface area contributed by atoms with Crippen molar-refractivity contribution < 1.29 is 19.3 Å². The van der Waals surface area contributed by atoms with E-state index in [9.17, 15) is 5.11 Å². The van der Waals surface area contributed by atoms with Crippen LogP contribution in [0.5, 0.6) is 5.75 Å². The molecule has 2 aromatic rings. The molecule has 2 aromatic carbocycles. The Morgan fingerprint density at radius 3 is 2.54 bits per heavy atom. The zero-order valence-electron chi connectivity index (χ0n) is 14.9. The number of ether oxygens (including phenoxy) is 3. The lowest BCUT2D eigenvalue weighted by atomic mass is 10.0. The van der Waals surface area contributed by atoms with Gasteiger partial charge in [0, 0.05) is 6.61 Å². The summed E-state index contributed by atoms with van der Waals surface area (Å²) >= 11 is 0. The lowest BCUT2D eigenvalue weighted by molar-refractivity contribution is -0.168. The lowest BCUT2D eigenvalue weighted by Gasteiger charge is -2.26. The van der Waals surface area contributed by atoms with Crippen molar-refractivity contribution in [3.8, 4) is 5.75 Å². The fourth-order valence-electron chi connectivity index (χ4n) is 2.90. The molecule has 3 N–H and O–H groups in total. The van der Waals surface area contributed by atoms with Crippen molar-refractivity contribution in [1.29, 1.82) is 0 Å². The number of benzene rings is 2. The Balaban J connectivity index is 1.47. The van der Waals surface area contributed by atoms with Crippen LogP contribution >= 0.6 is 0 Å². The second kappa shape index (κ2) is 9.69. The Kier molecular flexibility index (Phi) is 7.03. The van der Waals surface area contributed by atoms with Gasteiger partial charge in [-0.15, -0.1) is 0 Å². The van der Waals surface area contributed by atoms with Gasteiger partial charge in [-0.3, -0.25) is 0 Å². The Bertz CT molecular complexity index is 641. The molecule has 1 fully saturated rings. The van der Waals surface area contributed by atoms with Crippen LogP contribution in [-0.2, 0) is 16.1 Å². The smallest absolute Gasteiger partial charge is 0.157 e. The fraction of sp³-hybridized carbons (Fsp3) is 0.429. The molecule has 0 amide bonds. The van der Waals surface area contributed by atoms with Gasteiger partial charge in [0.15, 0.2) is 6.29 Å². The summed E-state index contributed by atoms with van der Waals surface area (Å²) in [7, 11) is 0. The van der Waals surface area contributed by atoms with Crippen LogP contribution in [0.4, 0.5) is 0 Å². The van der Waals surface area contributed by atoms with Gasteiger partial charge in [-0.25, -0.2) is 0 Å². The standard InChI is InChI=1S/C21H27NO4/c22-19(15-26-20-8-4-5-13-24-20)21(23)17-9-11-18(12-10-17)25-14-16-6-2-1-3-7-16/h1-3,6-7,9-12,19-21,23H,4-5,8,13-15,22H2/t19-,20?,21-/m1/s1. The second-order valence-electron chi connectivity index (χ2n) is 6.58. The molecule has 0 saturated carbocycles. The lowest BCUT2D eigenvalue weighted by Crippen LogP contribution is -2.36. The quantitative estimate of drug-likeness (QED) is 0.759. The van der Waals surface area contributed by atoms with Gasteiger partial charge >= 0.3 is 0 Å². The largest absolute Gasteiger partial charge is 0.489 e. The summed E-state index contributed by atoms with van der Waals surface area (Å²) < 4.78 is 16.9. The second-order valence-corrected chi connectivity index (χ2v) is 6.58. The third-order valence-electron chi connectivity index (χ3n) is 4.49. The molecule has 3 rings (SSSR count). The molecular formula is C21H27NO4. The molecule has 5 heteroatoms. The first-order chi connectivity index (χ1) is 12.7. The molecule has 3 atom stereocenters. The first-order valence-corrected chi connectivity index (χ1v) is 9.16. The molecule has 140 valence electrons. The number of rotatable bonds is 8. The molecule has 1 aliphatic rings. The van der Waals surface area contributed by atoms with Crippen LogP contribution in [0, 0.1) is 0 Å². The van der Waals surface area contributed by atoms with Crippen LogP contribution in [0.15, 0.2) is 54.6 Å². The molecule has 0 aromatic heterocycles. The van der Waals surface area contributed by atoms with Crippen molar-refractivity contribution in [3.05, 3.63) is 65.7 Å². The predicted molar refractivity (Wildman–Crippen MR) is 99.7 cm³/mol. The highest BCUT2D eigenvalue weighted by molar-refractivity contribution is 5.29. The minimum Gasteiger partial charge on any atom is -0.489 e. The van der Waals surface area contributed by atoms with Crippen molar-refractivity contribution in [2.45, 2.75) is 44.3 Å². The predicted octanol–water partition coefficient (Wildman–Crippen LogP) is 3.17. The van der Waals surface area contributed by atoms with Crippen molar-refractivity contribution in [1.82, 2.24) is 0 Å². The molecule has 0 radical (unpaired) electrons. The molecule has 1 aliphatic heterocycles. The van der Waals surface area contributed by atoms with Crippen LogP contribution < -0.4 is 10.5 Å². The van der Waals surface area contributed by atoms with E-state index >= 15 is 0 Å². The summed E-state index contributed by atoms with van der Waals surface area (Å²) in [6.07, 6.45) is 2.08. The summed E-state index contributed by atoms with van der Waals surface area (Å²) in [4.78, 5) is 0. The molecule has 0 bridgehead atoms. The molecule has 0 aliphatic carbocycles. The highest BCUT2D eigenvalue weighted by Crippen LogP contribution is 2.21. The van der Waals surface area contributed by atoms with Gasteiger partial charge in [0.05, 0.1) is 18.8 Å². The van der Waals surface area contributed by atoms with E-state index in [1.54, 1.807) is 0 Å². The third-order valence-corrected chi connectivity index (χ3v) is 4.49. The summed E-state index contributed by atoms with van der Waals surface area (Å²) in [5.41, 5.74) is 7.94. The van der Waals surface area contributed by atoms with Crippen LogP contribution in [0.1, 0.15) is 36.5 Å². The molecule has 26 heavy (non-hydrogen) atoms. The zero-order chi connectivity index (χ0) is 18.2. The summed E-state index contributed by atoms with van der Waals surface area (Å²) in [5, 5.41) is 10.4. The highest BCUT2D eigenvalue weighted by Gasteiger charge is 2.21. The van der Waals surface area contributed by atoms with Crippen LogP contribution in [0.2, 0.25) is 0 Å². The topological polar surface area (TPSA) is 73.9 Å². The maximum absolute atomic E-state index is 10.4.